The van der Waals surface area contributed by atoms with Crippen LogP contribution in [0.25, 0.3) is 17.0 Å². The molecule has 4 rings (SSSR count). The van der Waals surface area contributed by atoms with Gasteiger partial charge in [-0.05, 0) is 18.6 Å². The van der Waals surface area contributed by atoms with Gasteiger partial charge in [0.25, 0.3) is 5.91 Å². The van der Waals surface area contributed by atoms with Gasteiger partial charge in [0.2, 0.25) is 0 Å². The van der Waals surface area contributed by atoms with E-state index >= 15 is 0 Å². The first-order valence-corrected chi connectivity index (χ1v) is 9.15. The van der Waals surface area contributed by atoms with E-state index in [0.717, 1.165) is 45.5 Å². The molecular formula is C21H22N4O3. The molecule has 0 fully saturated rings. The van der Waals surface area contributed by atoms with Gasteiger partial charge in [-0.15, -0.1) is 0 Å². The number of aryl methyl sites for hydroxylation is 2. The predicted molar refractivity (Wildman–Crippen MR) is 106 cm³/mol. The monoisotopic (exact) mass is 378 g/mol. The zero-order valence-corrected chi connectivity index (χ0v) is 16.2. The average molecular weight is 378 g/mol. The topological polar surface area (TPSA) is 80.2 Å². The van der Waals surface area contributed by atoms with Crippen molar-refractivity contribution in [3.05, 3.63) is 58.8 Å². The van der Waals surface area contributed by atoms with Gasteiger partial charge in [-0.3, -0.25) is 4.79 Å². The summed E-state index contributed by atoms with van der Waals surface area (Å²) >= 11 is 0. The molecule has 0 bridgehead atoms. The molecule has 0 unspecified atom stereocenters. The summed E-state index contributed by atoms with van der Waals surface area (Å²) in [4.78, 5) is 34.0. The lowest BCUT2D eigenvalue weighted by Crippen LogP contribution is -2.37. The third kappa shape index (κ3) is 2.89. The molecule has 1 aliphatic heterocycles. The van der Waals surface area contributed by atoms with E-state index in [2.05, 4.69) is 19.3 Å². The van der Waals surface area contributed by atoms with Crippen LogP contribution in [0, 0.1) is 6.92 Å². The highest BCUT2D eigenvalue weighted by Crippen LogP contribution is 2.33. The second-order valence-electron chi connectivity index (χ2n) is 6.93. The third-order valence-electron chi connectivity index (χ3n) is 5.36. The maximum Gasteiger partial charge on any atom is 0.330 e. The maximum absolute atomic E-state index is 13.3. The molecule has 0 saturated carbocycles. The van der Waals surface area contributed by atoms with Crippen LogP contribution in [0.3, 0.4) is 0 Å². The summed E-state index contributed by atoms with van der Waals surface area (Å²) in [6.07, 6.45) is 5.56. The fourth-order valence-electron chi connectivity index (χ4n) is 3.87. The number of methoxy groups -OCH3 is 1. The van der Waals surface area contributed by atoms with E-state index in [1.54, 1.807) is 12.4 Å². The van der Waals surface area contributed by atoms with Crippen LogP contribution >= 0.6 is 0 Å². The molecule has 2 aromatic heterocycles. The molecule has 0 atom stereocenters. The average Bonchev–Trinajstić information content (AvgIpc) is 3.23. The first-order valence-electron chi connectivity index (χ1n) is 9.15. The van der Waals surface area contributed by atoms with E-state index in [-0.39, 0.29) is 5.91 Å². The lowest BCUT2D eigenvalue weighted by molar-refractivity contribution is -0.134. The van der Waals surface area contributed by atoms with E-state index in [9.17, 15) is 9.59 Å². The van der Waals surface area contributed by atoms with Crippen LogP contribution in [0.4, 0.5) is 0 Å². The summed E-state index contributed by atoms with van der Waals surface area (Å²) in [5.41, 5.74) is 5.45. The molecule has 0 aliphatic carbocycles. The van der Waals surface area contributed by atoms with Gasteiger partial charge in [0.1, 0.15) is 0 Å². The van der Waals surface area contributed by atoms with Crippen LogP contribution in [0.2, 0.25) is 0 Å². The number of ether oxygens (including phenoxy) is 1. The number of para-hydroxylation sites is 1. The SMILES string of the molecule is COC(=O)C=Cc1cccc2c3c(n(C)c12)CCN(Cc1nc[nH]c1C)C3=O. The molecule has 0 radical (unpaired) electrons. The third-order valence-corrected chi connectivity index (χ3v) is 5.36. The molecule has 7 heteroatoms. The number of nitrogens with zero attached hydrogens (tertiary/aromatic N) is 3. The van der Waals surface area contributed by atoms with Gasteiger partial charge in [-0.2, -0.15) is 0 Å². The Balaban J connectivity index is 1.76. The second-order valence-corrected chi connectivity index (χ2v) is 6.93. The van der Waals surface area contributed by atoms with Crippen molar-refractivity contribution >= 4 is 28.9 Å². The van der Waals surface area contributed by atoms with E-state index in [1.165, 1.54) is 13.2 Å². The van der Waals surface area contributed by atoms with Crippen molar-refractivity contribution in [3.8, 4) is 0 Å². The summed E-state index contributed by atoms with van der Waals surface area (Å²) in [5.74, 6) is -0.393. The summed E-state index contributed by atoms with van der Waals surface area (Å²) in [5, 5.41) is 0.901. The Morgan fingerprint density at radius 2 is 2.21 bits per heavy atom. The zero-order valence-electron chi connectivity index (χ0n) is 16.2. The summed E-state index contributed by atoms with van der Waals surface area (Å²) in [7, 11) is 3.32. The van der Waals surface area contributed by atoms with Crippen molar-refractivity contribution in [1.29, 1.82) is 0 Å². The number of carbonyl (C=O) groups excluding carboxylic acids is 2. The minimum atomic E-state index is -0.410. The molecular weight excluding hydrogens is 356 g/mol. The minimum absolute atomic E-state index is 0.0170. The highest BCUT2D eigenvalue weighted by atomic mass is 16.5. The van der Waals surface area contributed by atoms with Crippen LogP contribution in [0.5, 0.6) is 0 Å². The molecule has 144 valence electrons. The number of hydrogen-bond donors (Lipinski definition) is 1. The smallest absolute Gasteiger partial charge is 0.330 e. The second kappa shape index (κ2) is 6.99. The number of imidazole rings is 1. The number of amides is 1. The summed E-state index contributed by atoms with van der Waals surface area (Å²) in [6, 6.07) is 5.80. The van der Waals surface area contributed by atoms with Crippen molar-refractivity contribution in [1.82, 2.24) is 19.4 Å². The Labute approximate surface area is 162 Å². The number of aromatic amines is 1. The molecule has 1 aromatic carbocycles. The van der Waals surface area contributed by atoms with Gasteiger partial charge in [0.15, 0.2) is 0 Å². The van der Waals surface area contributed by atoms with E-state index in [1.807, 2.05) is 37.1 Å². The highest BCUT2D eigenvalue weighted by molar-refractivity contribution is 6.11. The van der Waals surface area contributed by atoms with Crippen molar-refractivity contribution in [2.45, 2.75) is 19.9 Å². The highest BCUT2D eigenvalue weighted by Gasteiger charge is 2.30. The standard InChI is InChI=1S/C21H22N4O3/c1-13-16(23-12-22-13)11-25-10-9-17-19(21(25)27)15-6-4-5-14(20(15)24(17)2)7-8-18(26)28-3/h4-8,12H,9-11H2,1-3H3,(H,22,23). The Hall–Kier alpha value is -3.35. The first-order chi connectivity index (χ1) is 13.5. The fourth-order valence-corrected chi connectivity index (χ4v) is 3.87. The normalized spacial score (nSPS) is 14.1. The number of hydrogen-bond acceptors (Lipinski definition) is 4. The van der Waals surface area contributed by atoms with Crippen molar-refractivity contribution in [2.24, 2.45) is 7.05 Å². The lowest BCUT2D eigenvalue weighted by Gasteiger charge is -2.27. The quantitative estimate of drug-likeness (QED) is 0.559. The van der Waals surface area contributed by atoms with E-state index in [0.29, 0.717) is 13.1 Å². The number of H-pyrrole nitrogens is 1. The Morgan fingerprint density at radius 1 is 1.39 bits per heavy atom. The van der Waals surface area contributed by atoms with Gasteiger partial charge in [-0.1, -0.05) is 18.2 Å². The van der Waals surface area contributed by atoms with Gasteiger partial charge >= 0.3 is 5.97 Å². The number of rotatable bonds is 4. The Bertz CT molecular complexity index is 1110. The van der Waals surface area contributed by atoms with Gasteiger partial charge in [0.05, 0.1) is 36.8 Å². The predicted octanol–water partition coefficient (Wildman–Crippen LogP) is 2.59. The van der Waals surface area contributed by atoms with Crippen molar-refractivity contribution < 1.29 is 14.3 Å². The number of aromatic nitrogens is 3. The van der Waals surface area contributed by atoms with Crippen LogP contribution in [-0.2, 0) is 29.5 Å². The number of esters is 1. The number of fused-ring (bicyclic) bond motifs is 3. The number of carbonyl (C=O) groups is 2. The molecule has 7 nitrogen and oxygen atoms in total. The largest absolute Gasteiger partial charge is 0.466 e. The molecule has 28 heavy (non-hydrogen) atoms. The van der Waals surface area contributed by atoms with Crippen LogP contribution < -0.4 is 0 Å². The maximum atomic E-state index is 13.3. The van der Waals surface area contributed by atoms with E-state index < -0.39 is 5.97 Å². The Morgan fingerprint density at radius 3 is 2.93 bits per heavy atom. The molecule has 0 saturated heterocycles. The number of nitrogens with one attached hydrogen (secondary N) is 1. The summed E-state index contributed by atoms with van der Waals surface area (Å²) < 4.78 is 6.75. The lowest BCUT2D eigenvalue weighted by atomic mass is 10.0. The first kappa shape index (κ1) is 18.0. The molecule has 3 aromatic rings. The fraction of sp³-hybridized carbons (Fsp3) is 0.286. The number of benzene rings is 1. The van der Waals surface area contributed by atoms with Gasteiger partial charge in [0, 0.05) is 42.9 Å². The van der Waals surface area contributed by atoms with Crippen molar-refractivity contribution in [2.75, 3.05) is 13.7 Å². The zero-order chi connectivity index (χ0) is 19.8. The minimum Gasteiger partial charge on any atom is -0.466 e. The van der Waals surface area contributed by atoms with Crippen LogP contribution in [0.15, 0.2) is 30.6 Å². The summed E-state index contributed by atoms with van der Waals surface area (Å²) in [6.45, 7) is 3.10. The molecule has 0 spiro atoms. The molecule has 1 aliphatic rings. The van der Waals surface area contributed by atoms with Crippen LogP contribution in [0.1, 0.15) is 33.0 Å². The molecule has 1 N–H and O–H groups in total. The molecule has 1 amide bonds. The van der Waals surface area contributed by atoms with Gasteiger partial charge in [-0.25, -0.2) is 9.78 Å². The van der Waals surface area contributed by atoms with Crippen LogP contribution in [-0.4, -0.2) is 45.0 Å². The Kier molecular flexibility index (Phi) is 4.50. The van der Waals surface area contributed by atoms with Gasteiger partial charge < -0.3 is 19.2 Å². The van der Waals surface area contributed by atoms with E-state index in [4.69, 9.17) is 0 Å². The molecule has 3 heterocycles. The van der Waals surface area contributed by atoms with Crippen molar-refractivity contribution in [3.63, 3.8) is 0 Å².